The molecule has 0 atom stereocenters. The summed E-state index contributed by atoms with van der Waals surface area (Å²) in [6.07, 6.45) is 1.47. The van der Waals surface area contributed by atoms with Crippen LogP contribution >= 0.6 is 0 Å². The number of para-hydroxylation sites is 1. The van der Waals surface area contributed by atoms with Gasteiger partial charge in [0.1, 0.15) is 17.8 Å². The molecule has 0 aliphatic carbocycles. The maximum absolute atomic E-state index is 13.0. The molecule has 1 aliphatic heterocycles. The first-order valence-electron chi connectivity index (χ1n) is 9.87. The molecule has 1 aromatic heterocycles. The first-order chi connectivity index (χ1) is 14.2. The molecule has 2 heterocycles. The molecule has 6 nitrogen and oxygen atoms in total. The minimum atomic E-state index is -0.0329. The van der Waals surface area contributed by atoms with E-state index < -0.39 is 0 Å². The molecule has 1 fully saturated rings. The Labute approximate surface area is 171 Å². The number of piperazine rings is 1. The van der Waals surface area contributed by atoms with Gasteiger partial charge in [0.15, 0.2) is 0 Å². The van der Waals surface area contributed by atoms with Crippen molar-refractivity contribution in [2.75, 3.05) is 38.1 Å². The van der Waals surface area contributed by atoms with Gasteiger partial charge in [0, 0.05) is 51.5 Å². The van der Waals surface area contributed by atoms with Crippen molar-refractivity contribution < 1.29 is 4.79 Å². The fourth-order valence-corrected chi connectivity index (χ4v) is 3.54. The van der Waals surface area contributed by atoms with E-state index in [2.05, 4.69) is 39.1 Å². The monoisotopic (exact) mass is 387 g/mol. The van der Waals surface area contributed by atoms with E-state index in [9.17, 15) is 4.79 Å². The Balaban J connectivity index is 1.39. The normalized spacial score (nSPS) is 14.6. The van der Waals surface area contributed by atoms with Crippen LogP contribution in [-0.4, -0.2) is 58.9 Å². The molecular weight excluding hydrogens is 362 g/mol. The number of aromatic nitrogens is 2. The number of nitrogens with zero attached hydrogens (tertiary/aromatic N) is 5. The van der Waals surface area contributed by atoms with Crippen LogP contribution in [-0.2, 0) is 6.54 Å². The van der Waals surface area contributed by atoms with Gasteiger partial charge in [0.05, 0.1) is 0 Å². The van der Waals surface area contributed by atoms with Gasteiger partial charge >= 0.3 is 0 Å². The molecule has 1 saturated heterocycles. The summed E-state index contributed by atoms with van der Waals surface area (Å²) < 4.78 is 0. The van der Waals surface area contributed by atoms with E-state index in [0.29, 0.717) is 24.6 Å². The van der Waals surface area contributed by atoms with Crippen LogP contribution in [0.25, 0.3) is 0 Å². The average Bonchev–Trinajstić information content (AvgIpc) is 2.80. The van der Waals surface area contributed by atoms with Crippen LogP contribution in [0.4, 0.5) is 11.5 Å². The first kappa shape index (κ1) is 19.1. The van der Waals surface area contributed by atoms with E-state index in [1.165, 1.54) is 11.9 Å². The van der Waals surface area contributed by atoms with Crippen molar-refractivity contribution in [2.45, 2.75) is 6.54 Å². The van der Waals surface area contributed by atoms with Crippen molar-refractivity contribution in [3.05, 3.63) is 84.3 Å². The Morgan fingerprint density at radius 3 is 2.28 bits per heavy atom. The molecule has 0 unspecified atom stereocenters. The van der Waals surface area contributed by atoms with Crippen LogP contribution in [0.5, 0.6) is 0 Å². The second-order valence-electron chi connectivity index (χ2n) is 7.21. The van der Waals surface area contributed by atoms with Crippen LogP contribution in [0, 0.1) is 0 Å². The molecule has 1 amide bonds. The second kappa shape index (κ2) is 8.84. The Hall–Kier alpha value is -3.25. The summed E-state index contributed by atoms with van der Waals surface area (Å²) in [6, 6.07) is 22.2. The number of anilines is 2. The zero-order valence-corrected chi connectivity index (χ0v) is 16.6. The molecule has 0 N–H and O–H groups in total. The predicted octanol–water partition coefficient (Wildman–Crippen LogP) is 3.20. The summed E-state index contributed by atoms with van der Waals surface area (Å²) >= 11 is 0. The zero-order chi connectivity index (χ0) is 20.1. The van der Waals surface area contributed by atoms with Gasteiger partial charge in [-0.1, -0.05) is 48.5 Å². The summed E-state index contributed by atoms with van der Waals surface area (Å²) in [7, 11) is 1.94. The number of amides is 1. The van der Waals surface area contributed by atoms with Crippen molar-refractivity contribution >= 4 is 17.4 Å². The molecule has 0 saturated carbocycles. The molecule has 3 aromatic rings. The van der Waals surface area contributed by atoms with Crippen molar-refractivity contribution in [3.8, 4) is 0 Å². The van der Waals surface area contributed by atoms with Gasteiger partial charge < -0.3 is 9.80 Å². The van der Waals surface area contributed by atoms with Gasteiger partial charge in [-0.25, -0.2) is 9.97 Å². The third kappa shape index (κ3) is 4.60. The number of hydrogen-bond acceptors (Lipinski definition) is 5. The maximum atomic E-state index is 13.0. The summed E-state index contributed by atoms with van der Waals surface area (Å²) in [5.74, 6) is 0.673. The van der Waals surface area contributed by atoms with Crippen LogP contribution in [0.15, 0.2) is 73.1 Å². The topological polar surface area (TPSA) is 52.6 Å². The fourth-order valence-electron chi connectivity index (χ4n) is 3.54. The molecule has 148 valence electrons. The van der Waals surface area contributed by atoms with Gasteiger partial charge in [-0.15, -0.1) is 0 Å². The standard InChI is InChI=1S/C23H25N5O/c1-26(20-10-6-3-7-11-20)22-16-21(24-18-25-22)23(29)28-14-12-27(13-15-28)17-19-8-4-2-5-9-19/h2-11,16,18H,12-15,17H2,1H3. The van der Waals surface area contributed by atoms with E-state index >= 15 is 0 Å². The summed E-state index contributed by atoms with van der Waals surface area (Å²) in [5, 5.41) is 0. The Bertz CT molecular complexity index is 940. The van der Waals surface area contributed by atoms with Crippen molar-refractivity contribution in [1.82, 2.24) is 19.8 Å². The molecule has 0 spiro atoms. The Morgan fingerprint density at radius 2 is 1.59 bits per heavy atom. The third-order valence-electron chi connectivity index (χ3n) is 5.27. The molecule has 0 bridgehead atoms. The smallest absolute Gasteiger partial charge is 0.272 e. The third-order valence-corrected chi connectivity index (χ3v) is 5.27. The van der Waals surface area contributed by atoms with E-state index in [4.69, 9.17) is 0 Å². The molecule has 4 rings (SSSR count). The highest BCUT2D eigenvalue weighted by Crippen LogP contribution is 2.21. The van der Waals surface area contributed by atoms with E-state index in [-0.39, 0.29) is 5.91 Å². The minimum Gasteiger partial charge on any atom is -0.335 e. The van der Waals surface area contributed by atoms with E-state index in [1.54, 1.807) is 6.07 Å². The highest BCUT2D eigenvalue weighted by atomic mass is 16.2. The highest BCUT2D eigenvalue weighted by molar-refractivity contribution is 5.93. The Morgan fingerprint density at radius 1 is 0.931 bits per heavy atom. The second-order valence-corrected chi connectivity index (χ2v) is 7.21. The van der Waals surface area contributed by atoms with Gasteiger partial charge in [-0.05, 0) is 17.7 Å². The van der Waals surface area contributed by atoms with E-state index in [1.807, 2.05) is 53.2 Å². The average molecular weight is 387 g/mol. The van der Waals surface area contributed by atoms with Gasteiger partial charge in [-0.2, -0.15) is 0 Å². The SMILES string of the molecule is CN(c1ccccc1)c1cc(C(=O)N2CCN(Cc3ccccc3)CC2)ncn1. The minimum absolute atomic E-state index is 0.0329. The lowest BCUT2D eigenvalue weighted by molar-refractivity contribution is 0.0622. The number of rotatable bonds is 5. The maximum Gasteiger partial charge on any atom is 0.272 e. The van der Waals surface area contributed by atoms with Crippen LogP contribution < -0.4 is 4.90 Å². The molecule has 6 heteroatoms. The Kier molecular flexibility index (Phi) is 5.81. The van der Waals surface area contributed by atoms with Crippen LogP contribution in [0.1, 0.15) is 16.1 Å². The molecule has 29 heavy (non-hydrogen) atoms. The quantitative estimate of drug-likeness (QED) is 0.673. The van der Waals surface area contributed by atoms with Crippen molar-refractivity contribution in [2.24, 2.45) is 0 Å². The summed E-state index contributed by atoms with van der Waals surface area (Å²) in [5.41, 5.74) is 2.75. The van der Waals surface area contributed by atoms with Crippen molar-refractivity contribution in [1.29, 1.82) is 0 Å². The number of carbonyl (C=O) groups is 1. The lowest BCUT2D eigenvalue weighted by atomic mass is 10.2. The molecule has 1 aliphatic rings. The zero-order valence-electron chi connectivity index (χ0n) is 16.6. The van der Waals surface area contributed by atoms with Crippen molar-refractivity contribution in [3.63, 3.8) is 0 Å². The fraction of sp³-hybridized carbons (Fsp3) is 0.261. The number of benzene rings is 2. The predicted molar refractivity (Wildman–Crippen MR) is 114 cm³/mol. The lowest BCUT2D eigenvalue weighted by Crippen LogP contribution is -2.48. The van der Waals surface area contributed by atoms with Gasteiger partial charge in [0.2, 0.25) is 0 Å². The van der Waals surface area contributed by atoms with E-state index in [0.717, 1.165) is 25.3 Å². The number of hydrogen-bond donors (Lipinski definition) is 0. The number of carbonyl (C=O) groups excluding carboxylic acids is 1. The lowest BCUT2D eigenvalue weighted by Gasteiger charge is -2.34. The van der Waals surface area contributed by atoms with Gasteiger partial charge in [-0.3, -0.25) is 9.69 Å². The highest BCUT2D eigenvalue weighted by Gasteiger charge is 2.23. The molecule has 2 aromatic carbocycles. The van der Waals surface area contributed by atoms with Gasteiger partial charge in [0.25, 0.3) is 5.91 Å². The van der Waals surface area contributed by atoms with Crippen LogP contribution in [0.2, 0.25) is 0 Å². The molecule has 0 radical (unpaired) electrons. The summed E-state index contributed by atoms with van der Waals surface area (Å²) in [4.78, 5) is 27.8. The molecular formula is C23H25N5O. The summed E-state index contributed by atoms with van der Waals surface area (Å²) in [6.45, 7) is 4.06. The van der Waals surface area contributed by atoms with Crippen LogP contribution in [0.3, 0.4) is 0 Å². The largest absolute Gasteiger partial charge is 0.335 e. The first-order valence-corrected chi connectivity index (χ1v) is 9.87.